The smallest absolute Gasteiger partial charge is 0.255 e. The number of halogens is 1. The molecule has 2 aromatic rings. The maximum absolute atomic E-state index is 13.1. The van der Waals surface area contributed by atoms with Crippen molar-refractivity contribution in [1.29, 1.82) is 0 Å². The van der Waals surface area contributed by atoms with E-state index in [9.17, 15) is 4.79 Å². The monoisotopic (exact) mass is 478 g/mol. The first-order valence-electron chi connectivity index (χ1n) is 11.2. The molecule has 1 aliphatic rings. The zero-order valence-corrected chi connectivity index (χ0v) is 20.5. The minimum absolute atomic E-state index is 0. The topological polar surface area (TPSA) is 92.0 Å². The molecule has 0 unspecified atom stereocenters. The highest BCUT2D eigenvalue weighted by Crippen LogP contribution is 2.48. The SMILES string of the molecule is COc1c(Oc2ccc(CCN)cc2)cc(C(=O)NCC2CCCCC2)c(OC)c1OC.Cl. The number of ether oxygens (including phenoxy) is 4. The molecule has 1 saturated carbocycles. The first-order valence-corrected chi connectivity index (χ1v) is 11.2. The van der Waals surface area contributed by atoms with Crippen molar-refractivity contribution >= 4 is 18.3 Å². The molecule has 1 fully saturated rings. The minimum atomic E-state index is -0.225. The Morgan fingerprint density at radius 3 is 2.18 bits per heavy atom. The number of carbonyl (C=O) groups is 1. The van der Waals surface area contributed by atoms with Crippen LogP contribution in [0, 0.1) is 5.92 Å². The molecule has 0 radical (unpaired) electrons. The number of amides is 1. The highest BCUT2D eigenvalue weighted by molar-refractivity contribution is 5.99. The van der Waals surface area contributed by atoms with Gasteiger partial charge in [0.1, 0.15) is 5.75 Å². The van der Waals surface area contributed by atoms with Crippen molar-refractivity contribution in [2.24, 2.45) is 11.7 Å². The maximum Gasteiger partial charge on any atom is 0.255 e. The Hall–Kier alpha value is -2.64. The molecule has 1 amide bonds. The predicted molar refractivity (Wildman–Crippen MR) is 132 cm³/mol. The number of hydrogen-bond donors (Lipinski definition) is 2. The van der Waals surface area contributed by atoms with Crippen molar-refractivity contribution in [3.63, 3.8) is 0 Å². The normalized spacial score (nSPS) is 13.6. The van der Waals surface area contributed by atoms with Crippen LogP contribution in [0.15, 0.2) is 30.3 Å². The van der Waals surface area contributed by atoms with E-state index in [1.807, 2.05) is 24.3 Å². The molecular weight excluding hydrogens is 444 g/mol. The average Bonchev–Trinajstić information content (AvgIpc) is 2.83. The molecule has 0 saturated heterocycles. The van der Waals surface area contributed by atoms with Gasteiger partial charge in [-0.25, -0.2) is 0 Å². The van der Waals surface area contributed by atoms with Crippen LogP contribution in [-0.2, 0) is 6.42 Å². The fraction of sp³-hybridized carbons (Fsp3) is 0.480. The molecule has 33 heavy (non-hydrogen) atoms. The number of benzene rings is 2. The molecule has 0 spiro atoms. The van der Waals surface area contributed by atoms with Gasteiger partial charge in [-0.05, 0) is 49.4 Å². The second-order valence-corrected chi connectivity index (χ2v) is 8.02. The summed E-state index contributed by atoms with van der Waals surface area (Å²) in [5.74, 6) is 2.27. The Labute approximate surface area is 202 Å². The van der Waals surface area contributed by atoms with Gasteiger partial charge in [0.15, 0.2) is 11.5 Å². The van der Waals surface area contributed by atoms with E-state index in [0.29, 0.717) is 53.3 Å². The van der Waals surface area contributed by atoms with Crippen molar-refractivity contribution in [2.75, 3.05) is 34.4 Å². The van der Waals surface area contributed by atoms with Gasteiger partial charge in [0.05, 0.1) is 26.9 Å². The van der Waals surface area contributed by atoms with E-state index >= 15 is 0 Å². The van der Waals surface area contributed by atoms with E-state index in [-0.39, 0.29) is 18.3 Å². The Morgan fingerprint density at radius 1 is 0.970 bits per heavy atom. The number of carbonyl (C=O) groups excluding carboxylic acids is 1. The molecule has 0 heterocycles. The number of methoxy groups -OCH3 is 3. The van der Waals surface area contributed by atoms with Crippen molar-refractivity contribution in [1.82, 2.24) is 5.32 Å². The van der Waals surface area contributed by atoms with Crippen LogP contribution >= 0.6 is 12.4 Å². The summed E-state index contributed by atoms with van der Waals surface area (Å²) in [4.78, 5) is 13.1. The van der Waals surface area contributed by atoms with Gasteiger partial charge in [0, 0.05) is 12.6 Å². The van der Waals surface area contributed by atoms with E-state index in [0.717, 1.165) is 24.8 Å². The number of rotatable bonds is 10. The highest BCUT2D eigenvalue weighted by atomic mass is 35.5. The Balaban J connectivity index is 0.00000385. The fourth-order valence-electron chi connectivity index (χ4n) is 4.17. The lowest BCUT2D eigenvalue weighted by Gasteiger charge is -2.23. The van der Waals surface area contributed by atoms with Gasteiger partial charge < -0.3 is 30.0 Å². The first kappa shape index (κ1) is 26.6. The maximum atomic E-state index is 13.1. The molecular formula is C25H35ClN2O5. The molecule has 182 valence electrons. The summed E-state index contributed by atoms with van der Waals surface area (Å²) in [6.07, 6.45) is 6.83. The molecule has 1 aliphatic carbocycles. The predicted octanol–water partition coefficient (Wildman–Crippen LogP) is 4.74. The highest BCUT2D eigenvalue weighted by Gasteiger charge is 2.26. The molecule has 0 atom stereocenters. The molecule has 2 aromatic carbocycles. The second kappa shape index (κ2) is 13.2. The molecule has 0 aliphatic heterocycles. The van der Waals surface area contributed by atoms with Crippen LogP contribution in [0.2, 0.25) is 0 Å². The van der Waals surface area contributed by atoms with E-state index < -0.39 is 0 Å². The first-order chi connectivity index (χ1) is 15.6. The van der Waals surface area contributed by atoms with Crippen LogP contribution in [0.4, 0.5) is 0 Å². The molecule has 8 heteroatoms. The Morgan fingerprint density at radius 2 is 1.61 bits per heavy atom. The fourth-order valence-corrected chi connectivity index (χ4v) is 4.17. The lowest BCUT2D eigenvalue weighted by molar-refractivity contribution is 0.0939. The third-order valence-corrected chi connectivity index (χ3v) is 5.87. The van der Waals surface area contributed by atoms with Crippen molar-refractivity contribution in [2.45, 2.75) is 38.5 Å². The summed E-state index contributed by atoms with van der Waals surface area (Å²) < 4.78 is 22.7. The average molecular weight is 479 g/mol. The molecule has 3 rings (SSSR count). The van der Waals surface area contributed by atoms with Gasteiger partial charge in [-0.2, -0.15) is 0 Å². The summed E-state index contributed by atoms with van der Waals surface area (Å²) in [6.45, 7) is 1.23. The number of nitrogens with one attached hydrogen (secondary N) is 1. The molecule has 0 bridgehead atoms. The van der Waals surface area contributed by atoms with Crippen LogP contribution in [0.25, 0.3) is 0 Å². The zero-order valence-electron chi connectivity index (χ0n) is 19.6. The third kappa shape index (κ3) is 6.68. The largest absolute Gasteiger partial charge is 0.492 e. The van der Waals surface area contributed by atoms with Gasteiger partial charge in [-0.3, -0.25) is 4.79 Å². The van der Waals surface area contributed by atoms with E-state index in [1.54, 1.807) is 6.07 Å². The Kier molecular flexibility index (Phi) is 10.6. The van der Waals surface area contributed by atoms with Crippen molar-refractivity contribution in [3.05, 3.63) is 41.5 Å². The van der Waals surface area contributed by atoms with E-state index in [4.69, 9.17) is 24.7 Å². The lowest BCUT2D eigenvalue weighted by Crippen LogP contribution is -2.30. The van der Waals surface area contributed by atoms with Gasteiger partial charge in [-0.1, -0.05) is 31.4 Å². The van der Waals surface area contributed by atoms with Crippen LogP contribution in [0.3, 0.4) is 0 Å². The molecule has 7 nitrogen and oxygen atoms in total. The van der Waals surface area contributed by atoms with Crippen LogP contribution in [-0.4, -0.2) is 40.3 Å². The lowest BCUT2D eigenvalue weighted by atomic mass is 9.89. The third-order valence-electron chi connectivity index (χ3n) is 5.87. The van der Waals surface area contributed by atoms with Crippen molar-refractivity contribution < 1.29 is 23.7 Å². The zero-order chi connectivity index (χ0) is 22.9. The van der Waals surface area contributed by atoms with Gasteiger partial charge in [-0.15, -0.1) is 12.4 Å². The number of hydrogen-bond acceptors (Lipinski definition) is 6. The summed E-state index contributed by atoms with van der Waals surface area (Å²) in [6, 6.07) is 9.30. The summed E-state index contributed by atoms with van der Waals surface area (Å²) in [7, 11) is 4.54. The Bertz CT molecular complexity index is 899. The quantitative estimate of drug-likeness (QED) is 0.512. The number of nitrogens with two attached hydrogens (primary N) is 1. The van der Waals surface area contributed by atoms with E-state index in [1.165, 1.54) is 40.6 Å². The van der Waals surface area contributed by atoms with E-state index in [2.05, 4.69) is 5.32 Å². The van der Waals surface area contributed by atoms with Crippen molar-refractivity contribution in [3.8, 4) is 28.7 Å². The summed E-state index contributed by atoms with van der Waals surface area (Å²) in [5.41, 5.74) is 7.10. The van der Waals surface area contributed by atoms with Gasteiger partial charge >= 0.3 is 0 Å². The van der Waals surface area contributed by atoms with Crippen LogP contribution < -0.4 is 30.0 Å². The molecule has 0 aromatic heterocycles. The van der Waals surface area contributed by atoms with Gasteiger partial charge in [0.2, 0.25) is 11.5 Å². The summed E-state index contributed by atoms with van der Waals surface area (Å²) in [5, 5.41) is 3.06. The minimum Gasteiger partial charge on any atom is -0.492 e. The second-order valence-electron chi connectivity index (χ2n) is 8.02. The van der Waals surface area contributed by atoms with Gasteiger partial charge in [0.25, 0.3) is 5.91 Å². The van der Waals surface area contributed by atoms with Crippen LogP contribution in [0.5, 0.6) is 28.7 Å². The van der Waals surface area contributed by atoms with Crippen LogP contribution in [0.1, 0.15) is 48.0 Å². The summed E-state index contributed by atoms with van der Waals surface area (Å²) >= 11 is 0. The molecule has 3 N–H and O–H groups in total. The standard InChI is InChI=1S/C25H34N2O5.ClH/c1-29-22-20(25(28)27-16-18-7-5-4-6-8-18)15-21(23(30-2)24(22)31-3)32-19-11-9-17(10-12-19)13-14-26;/h9-12,15,18H,4-8,13-14,16,26H2,1-3H3,(H,27,28);1H.